The number of nitrogens with two attached hydrogens (primary N) is 1. The van der Waals surface area contributed by atoms with Crippen LogP contribution >= 0.6 is 11.3 Å². The molecule has 0 radical (unpaired) electrons. The van der Waals surface area contributed by atoms with Gasteiger partial charge in [-0.3, -0.25) is 4.79 Å². The summed E-state index contributed by atoms with van der Waals surface area (Å²) in [6, 6.07) is 7.28. The number of hydrogen-bond donors (Lipinski definition) is 1. The maximum absolute atomic E-state index is 11.4. The first-order valence-electron chi connectivity index (χ1n) is 5.34. The summed E-state index contributed by atoms with van der Waals surface area (Å²) in [4.78, 5) is 19.7. The molecule has 18 heavy (non-hydrogen) atoms. The lowest BCUT2D eigenvalue weighted by Crippen LogP contribution is -2.12. The fourth-order valence-electron chi connectivity index (χ4n) is 1.91. The fourth-order valence-corrected chi connectivity index (χ4v) is 2.79. The molecule has 88 valence electrons. The van der Waals surface area contributed by atoms with Gasteiger partial charge in [0.25, 0.3) is 0 Å². The van der Waals surface area contributed by atoms with Gasteiger partial charge in [0.2, 0.25) is 5.91 Å². The van der Waals surface area contributed by atoms with Crippen LogP contribution in [0.15, 0.2) is 42.2 Å². The lowest BCUT2D eigenvalue weighted by molar-refractivity contribution is 0.100. The molecule has 0 saturated heterocycles. The monoisotopic (exact) mass is 255 g/mol. The highest BCUT2D eigenvalue weighted by Crippen LogP contribution is 2.33. The number of nitrogens with zero attached hydrogens (tertiary/aromatic N) is 2. The Morgan fingerprint density at radius 1 is 1.22 bits per heavy atom. The summed E-state index contributed by atoms with van der Waals surface area (Å²) >= 11 is 1.55. The molecule has 2 aromatic heterocycles. The smallest absolute Gasteiger partial charge is 0.249 e. The van der Waals surface area contributed by atoms with Crippen LogP contribution in [0.5, 0.6) is 0 Å². The zero-order valence-electron chi connectivity index (χ0n) is 9.33. The highest BCUT2D eigenvalue weighted by Gasteiger charge is 2.13. The molecule has 0 saturated carbocycles. The van der Waals surface area contributed by atoms with E-state index in [1.807, 2.05) is 17.5 Å². The number of carbonyl (C=O) groups is 1. The minimum Gasteiger partial charge on any atom is -0.366 e. The Bertz CT molecular complexity index is 736. The highest BCUT2D eigenvalue weighted by molar-refractivity contribution is 7.17. The Balaban J connectivity index is 2.30. The minimum atomic E-state index is -0.431. The standard InChI is InChI=1S/C13H9N3OS/c14-13(17)9-4-2-1-3-8(9)10-6-18-11-5-15-7-16-12(10)11/h1-7H,(H2,14,17). The molecule has 0 aliphatic heterocycles. The third-order valence-electron chi connectivity index (χ3n) is 2.72. The van der Waals surface area contributed by atoms with Crippen molar-refractivity contribution in [1.82, 2.24) is 9.97 Å². The van der Waals surface area contributed by atoms with Crippen molar-refractivity contribution in [3.05, 3.63) is 47.7 Å². The number of carbonyl (C=O) groups excluding carboxylic acids is 1. The van der Waals surface area contributed by atoms with Crippen molar-refractivity contribution < 1.29 is 4.79 Å². The molecule has 2 N–H and O–H groups in total. The molecule has 3 rings (SSSR count). The first kappa shape index (κ1) is 10.9. The number of primary amides is 1. The van der Waals surface area contributed by atoms with Crippen molar-refractivity contribution in [2.75, 3.05) is 0 Å². The van der Waals surface area contributed by atoms with E-state index in [4.69, 9.17) is 5.73 Å². The van der Waals surface area contributed by atoms with Crippen LogP contribution in [-0.2, 0) is 0 Å². The predicted molar refractivity (Wildman–Crippen MR) is 71.4 cm³/mol. The molecule has 1 aromatic carbocycles. The molecule has 0 fully saturated rings. The third kappa shape index (κ3) is 1.65. The van der Waals surface area contributed by atoms with E-state index in [0.717, 1.165) is 21.3 Å². The van der Waals surface area contributed by atoms with E-state index in [0.29, 0.717) is 5.56 Å². The Hall–Kier alpha value is -2.27. The predicted octanol–water partition coefficient (Wildman–Crippen LogP) is 2.46. The quantitative estimate of drug-likeness (QED) is 0.764. The van der Waals surface area contributed by atoms with Crippen LogP contribution in [0.3, 0.4) is 0 Å². The van der Waals surface area contributed by atoms with Crippen LogP contribution in [0.1, 0.15) is 10.4 Å². The van der Waals surface area contributed by atoms with E-state index in [9.17, 15) is 4.79 Å². The summed E-state index contributed by atoms with van der Waals surface area (Å²) < 4.78 is 0.992. The van der Waals surface area contributed by atoms with Crippen LogP contribution < -0.4 is 5.73 Å². The minimum absolute atomic E-state index is 0.431. The summed E-state index contributed by atoms with van der Waals surface area (Å²) in [5.74, 6) is -0.431. The van der Waals surface area contributed by atoms with E-state index in [2.05, 4.69) is 9.97 Å². The third-order valence-corrected chi connectivity index (χ3v) is 3.63. The second-order valence-electron chi connectivity index (χ2n) is 3.79. The number of hydrogen-bond acceptors (Lipinski definition) is 4. The van der Waals surface area contributed by atoms with Gasteiger partial charge in [-0.2, -0.15) is 0 Å². The van der Waals surface area contributed by atoms with Crippen molar-refractivity contribution in [2.24, 2.45) is 5.73 Å². The molecule has 0 unspecified atom stereocenters. The summed E-state index contributed by atoms with van der Waals surface area (Å²) in [5.41, 5.74) is 8.49. The van der Waals surface area contributed by atoms with Gasteiger partial charge in [0, 0.05) is 22.7 Å². The molecule has 4 nitrogen and oxygen atoms in total. The summed E-state index contributed by atoms with van der Waals surface area (Å²) in [6.07, 6.45) is 3.27. The van der Waals surface area contributed by atoms with Gasteiger partial charge in [0.05, 0.1) is 10.2 Å². The van der Waals surface area contributed by atoms with Crippen LogP contribution in [-0.4, -0.2) is 15.9 Å². The number of thiophene rings is 1. The average molecular weight is 255 g/mol. The molecule has 3 aromatic rings. The lowest BCUT2D eigenvalue weighted by atomic mass is 10.0. The second kappa shape index (κ2) is 4.19. The van der Waals surface area contributed by atoms with E-state index in [1.165, 1.54) is 6.33 Å². The van der Waals surface area contributed by atoms with Gasteiger partial charge in [-0.05, 0) is 11.6 Å². The first-order chi connectivity index (χ1) is 8.77. The van der Waals surface area contributed by atoms with E-state index >= 15 is 0 Å². The first-order valence-corrected chi connectivity index (χ1v) is 6.22. The summed E-state index contributed by atoms with van der Waals surface area (Å²) in [6.45, 7) is 0. The van der Waals surface area contributed by atoms with E-state index in [-0.39, 0.29) is 0 Å². The van der Waals surface area contributed by atoms with Crippen LogP contribution in [0.25, 0.3) is 21.3 Å². The Morgan fingerprint density at radius 3 is 2.89 bits per heavy atom. The molecular formula is C13H9N3OS. The topological polar surface area (TPSA) is 68.9 Å². The van der Waals surface area contributed by atoms with Gasteiger partial charge in [0.15, 0.2) is 0 Å². The molecule has 5 heteroatoms. The Morgan fingerprint density at radius 2 is 2.06 bits per heavy atom. The maximum Gasteiger partial charge on any atom is 0.249 e. The van der Waals surface area contributed by atoms with Crippen LogP contribution in [0, 0.1) is 0 Å². The number of aromatic nitrogens is 2. The van der Waals surface area contributed by atoms with E-state index < -0.39 is 5.91 Å². The lowest BCUT2D eigenvalue weighted by Gasteiger charge is -2.04. The number of fused-ring (bicyclic) bond motifs is 1. The average Bonchev–Trinajstić information content (AvgIpc) is 2.82. The molecular weight excluding hydrogens is 246 g/mol. The Labute approximate surface area is 107 Å². The highest BCUT2D eigenvalue weighted by atomic mass is 32.1. The van der Waals surface area contributed by atoms with Gasteiger partial charge in [0.1, 0.15) is 6.33 Å². The van der Waals surface area contributed by atoms with Crippen molar-refractivity contribution in [1.29, 1.82) is 0 Å². The molecule has 1 amide bonds. The molecule has 2 heterocycles. The van der Waals surface area contributed by atoms with Crippen molar-refractivity contribution in [2.45, 2.75) is 0 Å². The van der Waals surface area contributed by atoms with Crippen molar-refractivity contribution >= 4 is 27.5 Å². The zero-order chi connectivity index (χ0) is 12.5. The fraction of sp³-hybridized carbons (Fsp3) is 0. The number of benzene rings is 1. The van der Waals surface area contributed by atoms with E-state index in [1.54, 1.807) is 29.7 Å². The SMILES string of the molecule is NC(=O)c1ccccc1-c1csc2cncnc12. The van der Waals surface area contributed by atoms with Gasteiger partial charge in [-0.15, -0.1) is 11.3 Å². The molecule has 0 aliphatic rings. The summed E-state index contributed by atoms with van der Waals surface area (Å²) in [7, 11) is 0. The van der Waals surface area contributed by atoms with Gasteiger partial charge >= 0.3 is 0 Å². The summed E-state index contributed by atoms with van der Waals surface area (Å²) in [5, 5.41) is 1.97. The second-order valence-corrected chi connectivity index (χ2v) is 4.71. The van der Waals surface area contributed by atoms with Gasteiger partial charge < -0.3 is 5.73 Å². The van der Waals surface area contributed by atoms with Crippen LogP contribution in [0.2, 0.25) is 0 Å². The molecule has 0 bridgehead atoms. The molecule has 0 spiro atoms. The maximum atomic E-state index is 11.4. The number of amides is 1. The molecule has 0 aliphatic carbocycles. The number of rotatable bonds is 2. The van der Waals surface area contributed by atoms with Gasteiger partial charge in [-0.1, -0.05) is 18.2 Å². The van der Waals surface area contributed by atoms with Crippen LogP contribution in [0.4, 0.5) is 0 Å². The van der Waals surface area contributed by atoms with Crippen molar-refractivity contribution in [3.63, 3.8) is 0 Å². The zero-order valence-corrected chi connectivity index (χ0v) is 10.1. The normalized spacial score (nSPS) is 10.7. The van der Waals surface area contributed by atoms with Crippen molar-refractivity contribution in [3.8, 4) is 11.1 Å². The largest absolute Gasteiger partial charge is 0.366 e. The molecule has 0 atom stereocenters. The Kier molecular flexibility index (Phi) is 2.53. The van der Waals surface area contributed by atoms with Gasteiger partial charge in [-0.25, -0.2) is 9.97 Å².